The van der Waals surface area contributed by atoms with Gasteiger partial charge in [0.25, 0.3) is 0 Å². The number of aliphatic imine (C=N–C) groups is 1. The normalized spacial score (nSPS) is 19.8. The number of rotatable bonds is 1. The van der Waals surface area contributed by atoms with Crippen LogP contribution < -0.4 is 0 Å². The van der Waals surface area contributed by atoms with Gasteiger partial charge in [-0.15, -0.1) is 0 Å². The maximum atomic E-state index is 10.7. The van der Waals surface area contributed by atoms with Crippen molar-refractivity contribution in [2.45, 2.75) is 13.0 Å². The van der Waals surface area contributed by atoms with E-state index < -0.39 is 6.10 Å². The quantitative estimate of drug-likeness (QED) is 0.612. The highest BCUT2D eigenvalue weighted by atomic mass is 16.5. The number of ether oxygens (including phenoxy) is 1. The van der Waals surface area contributed by atoms with Gasteiger partial charge in [-0.3, -0.25) is 4.79 Å². The predicted molar refractivity (Wildman–Crippen MR) is 49.1 cm³/mol. The van der Waals surface area contributed by atoms with Crippen LogP contribution >= 0.6 is 0 Å². The van der Waals surface area contributed by atoms with Crippen LogP contribution in [-0.4, -0.2) is 12.2 Å². The van der Waals surface area contributed by atoms with Gasteiger partial charge in [0.15, 0.2) is 18.3 Å². The molecule has 13 heavy (non-hydrogen) atoms. The maximum absolute atomic E-state index is 10.7. The van der Waals surface area contributed by atoms with E-state index in [1.165, 1.54) is 0 Å². The zero-order valence-electron chi connectivity index (χ0n) is 7.23. The summed E-state index contributed by atoms with van der Waals surface area (Å²) in [6.07, 6.45) is 0.297. The molecule has 0 aromatic heterocycles. The van der Waals surface area contributed by atoms with Gasteiger partial charge in [0.2, 0.25) is 0 Å². The lowest BCUT2D eigenvalue weighted by atomic mass is 10.1. The first-order chi connectivity index (χ1) is 6.31. The SMILES string of the molecule is CC1=Nc2ccccc2C(C=O)O1. The maximum Gasteiger partial charge on any atom is 0.186 e. The third kappa shape index (κ3) is 1.33. The van der Waals surface area contributed by atoms with Crippen molar-refractivity contribution in [1.29, 1.82) is 0 Å². The van der Waals surface area contributed by atoms with E-state index in [2.05, 4.69) is 4.99 Å². The van der Waals surface area contributed by atoms with Crippen molar-refractivity contribution < 1.29 is 9.53 Å². The summed E-state index contributed by atoms with van der Waals surface area (Å²) in [6.45, 7) is 1.74. The summed E-state index contributed by atoms with van der Waals surface area (Å²) in [7, 11) is 0. The van der Waals surface area contributed by atoms with E-state index in [1.807, 2.05) is 24.3 Å². The lowest BCUT2D eigenvalue weighted by Gasteiger charge is -2.19. The number of carbonyl (C=O) groups excluding carboxylic acids is 1. The molecule has 1 heterocycles. The molecule has 66 valence electrons. The molecule has 0 saturated carbocycles. The van der Waals surface area contributed by atoms with E-state index in [0.717, 1.165) is 17.5 Å². The fourth-order valence-corrected chi connectivity index (χ4v) is 1.37. The molecule has 0 aliphatic carbocycles. The van der Waals surface area contributed by atoms with Gasteiger partial charge >= 0.3 is 0 Å². The van der Waals surface area contributed by atoms with Crippen LogP contribution in [0.2, 0.25) is 0 Å². The third-order valence-corrected chi connectivity index (χ3v) is 1.94. The Balaban J connectivity index is 2.54. The van der Waals surface area contributed by atoms with Crippen molar-refractivity contribution in [3.63, 3.8) is 0 Å². The van der Waals surface area contributed by atoms with E-state index in [1.54, 1.807) is 6.92 Å². The Kier molecular flexibility index (Phi) is 1.85. The molecule has 1 aromatic carbocycles. The Morgan fingerprint density at radius 2 is 2.23 bits per heavy atom. The number of carbonyl (C=O) groups is 1. The second-order valence-electron chi connectivity index (χ2n) is 2.86. The molecule has 2 rings (SSSR count). The van der Waals surface area contributed by atoms with Crippen molar-refractivity contribution in [1.82, 2.24) is 0 Å². The Morgan fingerprint density at radius 3 is 3.00 bits per heavy atom. The van der Waals surface area contributed by atoms with Gasteiger partial charge in [-0.05, 0) is 6.07 Å². The van der Waals surface area contributed by atoms with Gasteiger partial charge < -0.3 is 4.74 Å². The molecule has 0 fully saturated rings. The van der Waals surface area contributed by atoms with Gasteiger partial charge in [-0.25, -0.2) is 4.99 Å². The summed E-state index contributed by atoms with van der Waals surface area (Å²) in [5.74, 6) is 0.538. The summed E-state index contributed by atoms with van der Waals surface area (Å²) < 4.78 is 5.24. The molecule has 0 spiro atoms. The van der Waals surface area contributed by atoms with Crippen molar-refractivity contribution in [3.05, 3.63) is 29.8 Å². The highest BCUT2D eigenvalue weighted by molar-refractivity contribution is 5.83. The van der Waals surface area contributed by atoms with E-state index in [4.69, 9.17) is 4.74 Å². The van der Waals surface area contributed by atoms with Crippen LogP contribution in [-0.2, 0) is 9.53 Å². The van der Waals surface area contributed by atoms with Crippen molar-refractivity contribution in [2.24, 2.45) is 4.99 Å². The van der Waals surface area contributed by atoms with Gasteiger partial charge in [-0.2, -0.15) is 0 Å². The topological polar surface area (TPSA) is 38.7 Å². The minimum Gasteiger partial charge on any atom is -0.465 e. The van der Waals surface area contributed by atoms with Gasteiger partial charge in [-0.1, -0.05) is 18.2 Å². The molecule has 0 radical (unpaired) electrons. The largest absolute Gasteiger partial charge is 0.465 e. The molecule has 1 atom stereocenters. The summed E-state index contributed by atoms with van der Waals surface area (Å²) in [6, 6.07) is 7.49. The number of aldehydes is 1. The summed E-state index contributed by atoms with van der Waals surface area (Å²) in [5.41, 5.74) is 1.66. The highest BCUT2D eigenvalue weighted by Crippen LogP contribution is 2.30. The van der Waals surface area contributed by atoms with Crippen molar-refractivity contribution >= 4 is 17.9 Å². The summed E-state index contributed by atoms with van der Waals surface area (Å²) in [5, 5.41) is 0. The standard InChI is InChI=1S/C10H9NO2/c1-7-11-9-5-3-2-4-8(9)10(6-12)13-7/h2-6,10H,1H3. The second kappa shape index (κ2) is 3.01. The number of fused-ring (bicyclic) bond motifs is 1. The highest BCUT2D eigenvalue weighted by Gasteiger charge is 2.20. The average molecular weight is 175 g/mol. The Hall–Kier alpha value is -1.64. The fourth-order valence-electron chi connectivity index (χ4n) is 1.37. The lowest BCUT2D eigenvalue weighted by Crippen LogP contribution is -2.13. The first kappa shape index (κ1) is 7.98. The number of benzene rings is 1. The fraction of sp³-hybridized carbons (Fsp3) is 0.200. The van der Waals surface area contributed by atoms with Gasteiger partial charge in [0.1, 0.15) is 0 Å². The summed E-state index contributed by atoms with van der Waals surface area (Å²) in [4.78, 5) is 14.9. The molecule has 0 bridgehead atoms. The van der Waals surface area contributed by atoms with Crippen LogP contribution in [0.4, 0.5) is 5.69 Å². The van der Waals surface area contributed by atoms with Crippen LogP contribution in [0.3, 0.4) is 0 Å². The molecule has 0 saturated heterocycles. The Bertz CT molecular complexity index is 371. The summed E-state index contributed by atoms with van der Waals surface area (Å²) >= 11 is 0. The molecule has 3 nitrogen and oxygen atoms in total. The molecule has 1 aliphatic heterocycles. The monoisotopic (exact) mass is 175 g/mol. The van der Waals surface area contributed by atoms with Crippen LogP contribution in [0.5, 0.6) is 0 Å². The number of nitrogens with zero attached hydrogens (tertiary/aromatic N) is 1. The van der Waals surface area contributed by atoms with E-state index in [0.29, 0.717) is 5.90 Å². The molecular weight excluding hydrogens is 166 g/mol. The van der Waals surface area contributed by atoms with Crippen molar-refractivity contribution in [3.8, 4) is 0 Å². The first-order valence-electron chi connectivity index (χ1n) is 4.07. The smallest absolute Gasteiger partial charge is 0.186 e. The molecule has 1 aliphatic rings. The van der Waals surface area contributed by atoms with Gasteiger partial charge in [0, 0.05) is 12.5 Å². The number of hydrogen-bond acceptors (Lipinski definition) is 3. The Morgan fingerprint density at radius 1 is 1.46 bits per heavy atom. The van der Waals surface area contributed by atoms with E-state index in [-0.39, 0.29) is 0 Å². The van der Waals surface area contributed by atoms with Gasteiger partial charge in [0.05, 0.1) is 5.69 Å². The zero-order valence-corrected chi connectivity index (χ0v) is 7.23. The third-order valence-electron chi connectivity index (χ3n) is 1.94. The van der Waals surface area contributed by atoms with Crippen LogP contribution in [0.25, 0.3) is 0 Å². The van der Waals surface area contributed by atoms with E-state index in [9.17, 15) is 4.79 Å². The zero-order chi connectivity index (χ0) is 9.26. The Labute approximate surface area is 76.1 Å². The molecule has 1 aromatic rings. The molecule has 0 amide bonds. The van der Waals surface area contributed by atoms with Crippen molar-refractivity contribution in [2.75, 3.05) is 0 Å². The minimum atomic E-state index is -0.492. The lowest BCUT2D eigenvalue weighted by molar-refractivity contribution is -0.114. The average Bonchev–Trinajstić information content (AvgIpc) is 2.16. The second-order valence-corrected chi connectivity index (χ2v) is 2.86. The molecule has 1 unspecified atom stereocenters. The minimum absolute atomic E-state index is 0.492. The molecule has 0 N–H and O–H groups in total. The molecular formula is C10H9NO2. The van der Waals surface area contributed by atoms with Crippen LogP contribution in [0, 0.1) is 0 Å². The van der Waals surface area contributed by atoms with Crippen LogP contribution in [0.15, 0.2) is 29.3 Å². The molecule has 3 heteroatoms. The number of para-hydroxylation sites is 1. The van der Waals surface area contributed by atoms with E-state index >= 15 is 0 Å². The van der Waals surface area contributed by atoms with Crippen LogP contribution in [0.1, 0.15) is 18.6 Å². The first-order valence-corrected chi connectivity index (χ1v) is 4.07. The number of hydrogen-bond donors (Lipinski definition) is 0. The predicted octanol–water partition coefficient (Wildman–Crippen LogP) is 2.01.